The van der Waals surface area contributed by atoms with Crippen molar-refractivity contribution in [3.63, 3.8) is 0 Å². The fraction of sp³-hybridized carbons (Fsp3) is 0.500. The third-order valence-corrected chi connectivity index (χ3v) is 5.23. The minimum Gasteiger partial charge on any atom is -0.468 e. The molecule has 0 radical (unpaired) electrons. The number of hydrogen-bond donors (Lipinski definition) is 0. The Kier molecular flexibility index (Phi) is 4.69. The number of furan rings is 1. The molecule has 1 atom stereocenters. The smallest absolute Gasteiger partial charge is 0.117 e. The average molecular weight is 327 g/mol. The molecule has 0 unspecified atom stereocenters. The lowest BCUT2D eigenvalue weighted by atomic mass is 9.88. The molecule has 3 heterocycles. The molecule has 1 aromatic carbocycles. The molecule has 2 saturated heterocycles. The van der Waals surface area contributed by atoms with Gasteiger partial charge in [0, 0.05) is 19.5 Å². The second-order valence-corrected chi connectivity index (χ2v) is 6.97. The number of benzene rings is 1. The molecule has 1 spiro atoms. The number of nitrogens with zero attached hydrogens (tertiary/aromatic N) is 1. The van der Waals surface area contributed by atoms with E-state index < -0.39 is 0 Å². The fourth-order valence-electron chi connectivity index (χ4n) is 3.79. The van der Waals surface area contributed by atoms with Crippen molar-refractivity contribution in [1.82, 2.24) is 4.90 Å². The van der Waals surface area contributed by atoms with Gasteiger partial charge in [0.05, 0.1) is 37.7 Å². The lowest BCUT2D eigenvalue weighted by Crippen LogP contribution is -2.43. The molecule has 0 amide bonds. The first-order valence-corrected chi connectivity index (χ1v) is 8.86. The minimum absolute atomic E-state index is 0.0288. The summed E-state index contributed by atoms with van der Waals surface area (Å²) >= 11 is 0. The Hall–Kier alpha value is -1.62. The molecule has 0 N–H and O–H groups in total. The molecule has 2 aliphatic heterocycles. The molecule has 2 aliphatic rings. The minimum atomic E-state index is 0.0288. The summed E-state index contributed by atoms with van der Waals surface area (Å²) in [4.78, 5) is 2.45. The Morgan fingerprint density at radius 3 is 2.67 bits per heavy atom. The fourth-order valence-corrected chi connectivity index (χ4v) is 3.79. The van der Waals surface area contributed by atoms with E-state index in [2.05, 4.69) is 29.2 Å². The summed E-state index contributed by atoms with van der Waals surface area (Å²) in [5.74, 6) is 1.04. The van der Waals surface area contributed by atoms with Crippen LogP contribution >= 0.6 is 0 Å². The monoisotopic (exact) mass is 327 g/mol. The number of hydrogen-bond acceptors (Lipinski definition) is 4. The highest BCUT2D eigenvalue weighted by molar-refractivity contribution is 5.13. The lowest BCUT2D eigenvalue weighted by molar-refractivity contribution is -0.0476. The van der Waals surface area contributed by atoms with E-state index in [9.17, 15) is 0 Å². The second-order valence-electron chi connectivity index (χ2n) is 6.97. The van der Waals surface area contributed by atoms with Crippen molar-refractivity contribution >= 4 is 0 Å². The van der Waals surface area contributed by atoms with Crippen LogP contribution in [0.1, 0.15) is 30.6 Å². The molecule has 2 fully saturated rings. The standard InChI is InChI=1S/C20H25NO3/c1-2-5-17(6-3-1)15-23-19-13-20(24-16-19)8-10-21(11-9-20)14-18-7-4-12-22-18/h1-7,12,19H,8-11,13-16H2/t19-/m0/s1. The summed E-state index contributed by atoms with van der Waals surface area (Å²) < 4.78 is 17.7. The highest BCUT2D eigenvalue weighted by atomic mass is 16.6. The maximum absolute atomic E-state index is 6.19. The van der Waals surface area contributed by atoms with Crippen LogP contribution in [0.5, 0.6) is 0 Å². The summed E-state index contributed by atoms with van der Waals surface area (Å²) in [6, 6.07) is 14.4. The molecule has 2 aromatic rings. The first-order valence-electron chi connectivity index (χ1n) is 8.86. The topological polar surface area (TPSA) is 34.8 Å². The highest BCUT2D eigenvalue weighted by Crippen LogP contribution is 2.37. The van der Waals surface area contributed by atoms with Crippen molar-refractivity contribution in [3.05, 3.63) is 60.1 Å². The molecule has 24 heavy (non-hydrogen) atoms. The maximum atomic E-state index is 6.19. The van der Waals surface area contributed by atoms with Crippen LogP contribution in [0.2, 0.25) is 0 Å². The van der Waals surface area contributed by atoms with Gasteiger partial charge in [-0.05, 0) is 30.5 Å². The van der Waals surface area contributed by atoms with E-state index in [1.54, 1.807) is 6.26 Å². The van der Waals surface area contributed by atoms with Gasteiger partial charge in [0.2, 0.25) is 0 Å². The Bertz CT molecular complexity index is 618. The van der Waals surface area contributed by atoms with Crippen molar-refractivity contribution in [2.24, 2.45) is 0 Å². The van der Waals surface area contributed by atoms with Gasteiger partial charge in [0.25, 0.3) is 0 Å². The van der Waals surface area contributed by atoms with Gasteiger partial charge < -0.3 is 13.9 Å². The van der Waals surface area contributed by atoms with Crippen LogP contribution in [-0.2, 0) is 22.6 Å². The Labute approximate surface area is 143 Å². The van der Waals surface area contributed by atoms with E-state index in [-0.39, 0.29) is 11.7 Å². The lowest BCUT2D eigenvalue weighted by Gasteiger charge is -2.38. The van der Waals surface area contributed by atoms with Crippen molar-refractivity contribution in [2.75, 3.05) is 19.7 Å². The van der Waals surface area contributed by atoms with Gasteiger partial charge in [0.15, 0.2) is 0 Å². The van der Waals surface area contributed by atoms with E-state index in [4.69, 9.17) is 13.9 Å². The number of ether oxygens (including phenoxy) is 2. The predicted molar refractivity (Wildman–Crippen MR) is 91.5 cm³/mol. The number of piperidine rings is 1. The van der Waals surface area contributed by atoms with E-state index in [1.165, 1.54) is 5.56 Å². The normalized spacial score (nSPS) is 23.8. The summed E-state index contributed by atoms with van der Waals surface area (Å²) in [5, 5.41) is 0. The molecule has 4 rings (SSSR count). The Morgan fingerprint density at radius 2 is 1.92 bits per heavy atom. The predicted octanol–water partition coefficient (Wildman–Crippen LogP) is 3.62. The first-order chi connectivity index (χ1) is 11.8. The van der Waals surface area contributed by atoms with E-state index in [0.29, 0.717) is 6.61 Å². The number of likely N-dealkylation sites (tertiary alicyclic amines) is 1. The molecule has 4 heteroatoms. The first kappa shape index (κ1) is 15.9. The SMILES string of the molecule is c1ccc(CO[C@@H]2COC3(CCN(Cc4ccco4)CC3)C2)cc1. The van der Waals surface area contributed by atoms with Crippen molar-refractivity contribution in [3.8, 4) is 0 Å². The van der Waals surface area contributed by atoms with Crippen LogP contribution in [0.25, 0.3) is 0 Å². The van der Waals surface area contributed by atoms with Crippen LogP contribution in [0.3, 0.4) is 0 Å². The third kappa shape index (κ3) is 3.72. The van der Waals surface area contributed by atoms with Gasteiger partial charge >= 0.3 is 0 Å². The maximum Gasteiger partial charge on any atom is 0.117 e. The van der Waals surface area contributed by atoms with Gasteiger partial charge in [-0.25, -0.2) is 0 Å². The van der Waals surface area contributed by atoms with Crippen molar-refractivity contribution < 1.29 is 13.9 Å². The molecular weight excluding hydrogens is 302 g/mol. The summed E-state index contributed by atoms with van der Waals surface area (Å²) in [6.07, 6.45) is 5.16. The number of rotatable bonds is 5. The van der Waals surface area contributed by atoms with Crippen molar-refractivity contribution in [2.45, 2.75) is 44.1 Å². The van der Waals surface area contributed by atoms with Crippen LogP contribution in [-0.4, -0.2) is 36.3 Å². The Balaban J connectivity index is 1.24. The van der Waals surface area contributed by atoms with E-state index in [1.807, 2.05) is 18.2 Å². The van der Waals surface area contributed by atoms with E-state index in [0.717, 1.165) is 51.3 Å². The third-order valence-electron chi connectivity index (χ3n) is 5.23. The average Bonchev–Trinajstić information content (AvgIpc) is 3.27. The van der Waals surface area contributed by atoms with Gasteiger partial charge in [-0.1, -0.05) is 30.3 Å². The zero-order valence-corrected chi connectivity index (χ0v) is 14.0. The van der Waals surface area contributed by atoms with Crippen LogP contribution in [0.15, 0.2) is 53.1 Å². The van der Waals surface area contributed by atoms with Crippen LogP contribution in [0, 0.1) is 0 Å². The molecule has 128 valence electrons. The van der Waals surface area contributed by atoms with Gasteiger partial charge in [0.1, 0.15) is 5.76 Å². The molecular formula is C20H25NO3. The molecule has 4 nitrogen and oxygen atoms in total. The summed E-state index contributed by atoms with van der Waals surface area (Å²) in [6.45, 7) is 4.43. The summed E-state index contributed by atoms with van der Waals surface area (Å²) in [5.41, 5.74) is 1.26. The molecule has 0 aliphatic carbocycles. The van der Waals surface area contributed by atoms with E-state index >= 15 is 0 Å². The quantitative estimate of drug-likeness (QED) is 0.840. The van der Waals surface area contributed by atoms with Crippen molar-refractivity contribution in [1.29, 1.82) is 0 Å². The molecule has 0 bridgehead atoms. The largest absolute Gasteiger partial charge is 0.468 e. The zero-order chi connectivity index (χ0) is 16.2. The summed E-state index contributed by atoms with van der Waals surface area (Å²) in [7, 11) is 0. The Morgan fingerprint density at radius 1 is 1.08 bits per heavy atom. The molecule has 1 aromatic heterocycles. The van der Waals surface area contributed by atoms with Gasteiger partial charge in [-0.15, -0.1) is 0 Å². The van der Waals surface area contributed by atoms with Gasteiger partial charge in [-0.3, -0.25) is 4.90 Å². The second kappa shape index (κ2) is 7.09. The highest BCUT2D eigenvalue weighted by Gasteiger charge is 2.43. The van der Waals surface area contributed by atoms with Gasteiger partial charge in [-0.2, -0.15) is 0 Å². The van der Waals surface area contributed by atoms with Crippen LogP contribution < -0.4 is 0 Å². The molecule has 0 saturated carbocycles. The van der Waals surface area contributed by atoms with Crippen LogP contribution in [0.4, 0.5) is 0 Å². The zero-order valence-electron chi connectivity index (χ0n) is 14.0.